The largest absolute Gasteiger partial charge is 0.353 e. The molecule has 2 N–H and O–H groups in total. The molecule has 19 heavy (non-hydrogen) atoms. The third-order valence-electron chi connectivity index (χ3n) is 6.19. The summed E-state index contributed by atoms with van der Waals surface area (Å²) in [6.45, 7) is 1.90. The van der Waals surface area contributed by atoms with Crippen LogP contribution < -0.4 is 10.6 Å². The van der Waals surface area contributed by atoms with Crippen molar-refractivity contribution >= 4 is 18.3 Å². The van der Waals surface area contributed by atoms with Gasteiger partial charge in [0.25, 0.3) is 0 Å². The lowest BCUT2D eigenvalue weighted by molar-refractivity contribution is -0.125. The molecule has 0 aromatic heterocycles. The first-order valence-electron chi connectivity index (χ1n) is 7.84. The predicted octanol–water partition coefficient (Wildman–Crippen LogP) is 1.96. The van der Waals surface area contributed by atoms with Crippen molar-refractivity contribution in [1.82, 2.24) is 10.6 Å². The standard InChI is InChI=1S/C15H24N2O.ClH/c18-15(9-4-5-16-8-9)17-14-7-10-6-13(14)12-3-1-2-11(10)12;/h9-14,16H,1-8H2,(H,17,18);1H. The van der Waals surface area contributed by atoms with Gasteiger partial charge in [0.2, 0.25) is 5.91 Å². The quantitative estimate of drug-likeness (QED) is 0.814. The van der Waals surface area contributed by atoms with Crippen LogP contribution in [-0.2, 0) is 4.79 Å². The zero-order valence-electron chi connectivity index (χ0n) is 11.4. The van der Waals surface area contributed by atoms with Crippen molar-refractivity contribution in [3.05, 3.63) is 0 Å². The molecule has 2 bridgehead atoms. The van der Waals surface area contributed by atoms with E-state index in [1.807, 2.05) is 0 Å². The van der Waals surface area contributed by atoms with Gasteiger partial charge in [-0.1, -0.05) is 6.42 Å². The Morgan fingerprint density at radius 2 is 1.89 bits per heavy atom. The maximum Gasteiger partial charge on any atom is 0.224 e. The molecule has 0 aromatic rings. The minimum absolute atomic E-state index is 0. The first-order valence-corrected chi connectivity index (χ1v) is 7.84. The number of amides is 1. The van der Waals surface area contributed by atoms with Crippen molar-refractivity contribution in [3.8, 4) is 0 Å². The Morgan fingerprint density at radius 1 is 1.05 bits per heavy atom. The summed E-state index contributed by atoms with van der Waals surface area (Å²) in [6.07, 6.45) is 8.05. The normalized spacial score (nSPS) is 46.9. The number of halogens is 1. The highest BCUT2D eigenvalue weighted by Gasteiger charge is 2.54. The minimum atomic E-state index is 0. The molecule has 3 nitrogen and oxygen atoms in total. The fraction of sp³-hybridized carbons (Fsp3) is 0.933. The maximum atomic E-state index is 12.2. The van der Waals surface area contributed by atoms with E-state index in [0.29, 0.717) is 11.9 Å². The van der Waals surface area contributed by atoms with Gasteiger partial charge in [-0.15, -0.1) is 12.4 Å². The van der Waals surface area contributed by atoms with E-state index in [2.05, 4.69) is 10.6 Å². The van der Waals surface area contributed by atoms with Crippen molar-refractivity contribution in [2.24, 2.45) is 29.6 Å². The van der Waals surface area contributed by atoms with Crippen LogP contribution in [0, 0.1) is 29.6 Å². The number of carbonyl (C=O) groups excluding carboxylic acids is 1. The Bertz CT molecular complexity index is 356. The monoisotopic (exact) mass is 284 g/mol. The summed E-state index contributed by atoms with van der Waals surface area (Å²) in [5.41, 5.74) is 0. The van der Waals surface area contributed by atoms with Gasteiger partial charge in [0.1, 0.15) is 0 Å². The van der Waals surface area contributed by atoms with Crippen molar-refractivity contribution in [1.29, 1.82) is 0 Å². The van der Waals surface area contributed by atoms with Crippen molar-refractivity contribution in [2.75, 3.05) is 13.1 Å². The molecule has 3 aliphatic carbocycles. The molecule has 4 aliphatic rings. The van der Waals surface area contributed by atoms with Gasteiger partial charge in [0.05, 0.1) is 5.92 Å². The molecule has 6 atom stereocenters. The van der Waals surface area contributed by atoms with Crippen LogP contribution in [0.1, 0.15) is 38.5 Å². The summed E-state index contributed by atoms with van der Waals surface area (Å²) in [6, 6.07) is 0.516. The summed E-state index contributed by atoms with van der Waals surface area (Å²) in [5.74, 6) is 4.30. The third-order valence-corrected chi connectivity index (χ3v) is 6.19. The SMILES string of the molecule is Cl.O=C(NC1CC2CC1C1CCCC21)C1CCNC1. The summed E-state index contributed by atoms with van der Waals surface area (Å²) in [4.78, 5) is 12.2. The van der Waals surface area contributed by atoms with Crippen LogP contribution >= 0.6 is 12.4 Å². The maximum absolute atomic E-state index is 12.2. The first kappa shape index (κ1) is 13.7. The van der Waals surface area contributed by atoms with Gasteiger partial charge >= 0.3 is 0 Å². The molecule has 1 heterocycles. The average molecular weight is 285 g/mol. The molecule has 3 saturated carbocycles. The van der Waals surface area contributed by atoms with Crippen LogP contribution in [0.3, 0.4) is 0 Å². The Morgan fingerprint density at radius 3 is 2.68 bits per heavy atom. The van der Waals surface area contributed by atoms with E-state index in [9.17, 15) is 4.79 Å². The molecule has 4 heteroatoms. The van der Waals surface area contributed by atoms with Crippen molar-refractivity contribution in [2.45, 2.75) is 44.6 Å². The Labute approximate surface area is 121 Å². The smallest absolute Gasteiger partial charge is 0.224 e. The molecule has 108 valence electrons. The lowest BCUT2D eigenvalue weighted by atomic mass is 9.79. The Kier molecular flexibility index (Phi) is 3.78. The number of hydrogen-bond donors (Lipinski definition) is 2. The minimum Gasteiger partial charge on any atom is -0.353 e. The van der Waals surface area contributed by atoms with Gasteiger partial charge in [-0.3, -0.25) is 4.79 Å². The number of nitrogens with one attached hydrogen (secondary N) is 2. The van der Waals surface area contributed by atoms with Gasteiger partial charge in [-0.25, -0.2) is 0 Å². The topological polar surface area (TPSA) is 41.1 Å². The summed E-state index contributed by atoms with van der Waals surface area (Å²) < 4.78 is 0. The van der Waals surface area contributed by atoms with Crippen LogP contribution in [0.25, 0.3) is 0 Å². The highest BCUT2D eigenvalue weighted by Crippen LogP contribution is 2.58. The fourth-order valence-electron chi connectivity index (χ4n) is 5.41. The number of rotatable bonds is 2. The molecule has 6 unspecified atom stereocenters. The summed E-state index contributed by atoms with van der Waals surface area (Å²) in [7, 11) is 0. The molecule has 1 aliphatic heterocycles. The second-order valence-electron chi connectivity index (χ2n) is 6.96. The van der Waals surface area contributed by atoms with E-state index in [1.54, 1.807) is 0 Å². The molecular formula is C15H25ClN2O. The van der Waals surface area contributed by atoms with Gasteiger partial charge in [0.15, 0.2) is 0 Å². The van der Waals surface area contributed by atoms with E-state index < -0.39 is 0 Å². The van der Waals surface area contributed by atoms with E-state index in [1.165, 1.54) is 32.1 Å². The number of carbonyl (C=O) groups is 1. The highest BCUT2D eigenvalue weighted by atomic mass is 35.5. The van der Waals surface area contributed by atoms with Crippen LogP contribution in [0.2, 0.25) is 0 Å². The average Bonchev–Trinajstić information content (AvgIpc) is 3.11. The molecule has 4 fully saturated rings. The van der Waals surface area contributed by atoms with Gasteiger partial charge in [-0.2, -0.15) is 0 Å². The second kappa shape index (κ2) is 5.25. The third kappa shape index (κ3) is 2.19. The van der Waals surface area contributed by atoms with Gasteiger partial charge in [0, 0.05) is 12.6 Å². The highest BCUT2D eigenvalue weighted by molar-refractivity contribution is 5.85. The van der Waals surface area contributed by atoms with Crippen LogP contribution in [0.4, 0.5) is 0 Å². The molecule has 0 radical (unpaired) electrons. The fourth-order valence-corrected chi connectivity index (χ4v) is 5.41. The second-order valence-corrected chi connectivity index (χ2v) is 6.96. The molecular weight excluding hydrogens is 260 g/mol. The van der Waals surface area contributed by atoms with Crippen molar-refractivity contribution in [3.63, 3.8) is 0 Å². The van der Waals surface area contributed by atoms with E-state index in [4.69, 9.17) is 0 Å². The van der Waals surface area contributed by atoms with E-state index >= 15 is 0 Å². The lowest BCUT2D eigenvalue weighted by Gasteiger charge is -2.32. The predicted molar refractivity (Wildman–Crippen MR) is 77.2 cm³/mol. The first-order chi connectivity index (χ1) is 8.83. The molecule has 0 spiro atoms. The Hall–Kier alpha value is -0.280. The van der Waals surface area contributed by atoms with Crippen LogP contribution in [0.5, 0.6) is 0 Å². The van der Waals surface area contributed by atoms with Gasteiger partial charge in [-0.05, 0) is 62.3 Å². The summed E-state index contributed by atoms with van der Waals surface area (Å²) in [5, 5.41) is 6.67. The molecule has 1 saturated heterocycles. The molecule has 4 rings (SSSR count). The molecule has 1 amide bonds. The molecule has 0 aromatic carbocycles. The van der Waals surface area contributed by atoms with E-state index in [-0.39, 0.29) is 18.3 Å². The number of hydrogen-bond acceptors (Lipinski definition) is 2. The Balaban J connectivity index is 0.00000110. The zero-order valence-corrected chi connectivity index (χ0v) is 12.3. The van der Waals surface area contributed by atoms with Crippen LogP contribution in [-0.4, -0.2) is 25.0 Å². The lowest BCUT2D eigenvalue weighted by Crippen LogP contribution is -2.45. The summed E-state index contributed by atoms with van der Waals surface area (Å²) >= 11 is 0. The van der Waals surface area contributed by atoms with Crippen LogP contribution in [0.15, 0.2) is 0 Å². The van der Waals surface area contributed by atoms with Crippen molar-refractivity contribution < 1.29 is 4.79 Å². The number of fused-ring (bicyclic) bond motifs is 5. The van der Waals surface area contributed by atoms with E-state index in [0.717, 1.165) is 43.2 Å². The van der Waals surface area contributed by atoms with Gasteiger partial charge < -0.3 is 10.6 Å². The zero-order chi connectivity index (χ0) is 12.1.